The van der Waals surface area contributed by atoms with E-state index in [0.29, 0.717) is 11.8 Å². The third kappa shape index (κ3) is 0.728. The molecule has 3 atom stereocenters. The summed E-state index contributed by atoms with van der Waals surface area (Å²) in [6.07, 6.45) is 3.45. The van der Waals surface area contributed by atoms with Crippen LogP contribution in [0, 0.1) is 17.3 Å². The standard InChI is InChI=1S/C10H18O2/c1-9(2)7-3-4-8(5-7)10(9,12)6-11/h7-8,11-12H,3-6H2,1-2H3/t7-,8+,10-/m1/s1. The first-order valence-electron chi connectivity index (χ1n) is 4.85. The van der Waals surface area contributed by atoms with E-state index in [1.807, 2.05) is 0 Å². The number of aliphatic hydroxyl groups is 2. The number of aliphatic hydroxyl groups excluding tert-OH is 1. The molecule has 0 amide bonds. The molecule has 2 N–H and O–H groups in total. The van der Waals surface area contributed by atoms with Crippen LogP contribution in [-0.2, 0) is 0 Å². The maximum absolute atomic E-state index is 10.3. The van der Waals surface area contributed by atoms with Crippen LogP contribution < -0.4 is 0 Å². The van der Waals surface area contributed by atoms with Gasteiger partial charge in [0.05, 0.1) is 12.2 Å². The second-order valence-electron chi connectivity index (χ2n) is 5.01. The molecule has 2 nitrogen and oxygen atoms in total. The van der Waals surface area contributed by atoms with E-state index in [2.05, 4.69) is 13.8 Å². The molecule has 2 bridgehead atoms. The van der Waals surface area contributed by atoms with Gasteiger partial charge in [-0.25, -0.2) is 0 Å². The van der Waals surface area contributed by atoms with Crippen LogP contribution >= 0.6 is 0 Å². The summed E-state index contributed by atoms with van der Waals surface area (Å²) in [7, 11) is 0. The van der Waals surface area contributed by atoms with Gasteiger partial charge in [-0.1, -0.05) is 13.8 Å². The second kappa shape index (κ2) is 2.24. The minimum Gasteiger partial charge on any atom is -0.393 e. The summed E-state index contributed by atoms with van der Waals surface area (Å²) in [4.78, 5) is 0. The first kappa shape index (κ1) is 8.52. The third-order valence-electron chi connectivity index (χ3n) is 4.49. The van der Waals surface area contributed by atoms with E-state index in [1.54, 1.807) is 0 Å². The summed E-state index contributed by atoms with van der Waals surface area (Å²) in [5, 5.41) is 19.5. The average Bonchev–Trinajstić information content (AvgIpc) is 2.55. The van der Waals surface area contributed by atoms with Crippen molar-refractivity contribution in [1.82, 2.24) is 0 Å². The van der Waals surface area contributed by atoms with Gasteiger partial charge >= 0.3 is 0 Å². The zero-order chi connectivity index (χ0) is 8.98. The van der Waals surface area contributed by atoms with Gasteiger partial charge in [-0.15, -0.1) is 0 Å². The van der Waals surface area contributed by atoms with E-state index in [-0.39, 0.29) is 12.0 Å². The van der Waals surface area contributed by atoms with Crippen molar-refractivity contribution in [1.29, 1.82) is 0 Å². The molecule has 0 aliphatic heterocycles. The molecule has 2 rings (SSSR count). The van der Waals surface area contributed by atoms with Gasteiger partial charge in [0.2, 0.25) is 0 Å². The molecule has 12 heavy (non-hydrogen) atoms. The van der Waals surface area contributed by atoms with Gasteiger partial charge in [-0.05, 0) is 36.5 Å². The van der Waals surface area contributed by atoms with E-state index >= 15 is 0 Å². The van der Waals surface area contributed by atoms with Crippen LogP contribution in [0.4, 0.5) is 0 Å². The minimum absolute atomic E-state index is 0.0683. The molecule has 0 unspecified atom stereocenters. The number of hydrogen-bond acceptors (Lipinski definition) is 2. The summed E-state index contributed by atoms with van der Waals surface area (Å²) < 4.78 is 0. The monoisotopic (exact) mass is 170 g/mol. The molecule has 0 heterocycles. The Bertz CT molecular complexity index is 200. The van der Waals surface area contributed by atoms with Crippen LogP contribution in [0.25, 0.3) is 0 Å². The van der Waals surface area contributed by atoms with Gasteiger partial charge in [-0.2, -0.15) is 0 Å². The lowest BCUT2D eigenvalue weighted by Gasteiger charge is -2.44. The Morgan fingerprint density at radius 3 is 2.17 bits per heavy atom. The zero-order valence-corrected chi connectivity index (χ0v) is 7.88. The molecule has 2 fully saturated rings. The fourth-order valence-corrected chi connectivity index (χ4v) is 3.28. The highest BCUT2D eigenvalue weighted by Gasteiger charge is 2.61. The van der Waals surface area contributed by atoms with Crippen molar-refractivity contribution in [3.8, 4) is 0 Å². The molecule has 0 aromatic heterocycles. The topological polar surface area (TPSA) is 40.5 Å². The number of hydrogen-bond donors (Lipinski definition) is 2. The molecule has 2 aliphatic rings. The first-order chi connectivity index (χ1) is 5.52. The predicted octanol–water partition coefficient (Wildman–Crippen LogP) is 1.17. The highest BCUT2D eigenvalue weighted by atomic mass is 16.3. The Balaban J connectivity index is 2.34. The molecular weight excluding hydrogens is 152 g/mol. The molecule has 0 saturated heterocycles. The second-order valence-corrected chi connectivity index (χ2v) is 5.01. The Morgan fingerprint density at radius 1 is 1.25 bits per heavy atom. The van der Waals surface area contributed by atoms with Gasteiger partial charge in [0.15, 0.2) is 0 Å². The zero-order valence-electron chi connectivity index (χ0n) is 7.88. The molecule has 2 saturated carbocycles. The van der Waals surface area contributed by atoms with Gasteiger partial charge in [0.25, 0.3) is 0 Å². The molecule has 2 heteroatoms. The third-order valence-corrected chi connectivity index (χ3v) is 4.49. The van der Waals surface area contributed by atoms with Gasteiger partial charge in [0, 0.05) is 0 Å². The normalized spacial score (nSPS) is 50.0. The molecule has 0 aromatic carbocycles. The average molecular weight is 170 g/mol. The summed E-state index contributed by atoms with van der Waals surface area (Å²) in [5.74, 6) is 0.974. The van der Waals surface area contributed by atoms with Gasteiger partial charge in [-0.3, -0.25) is 0 Å². The van der Waals surface area contributed by atoms with Gasteiger partial charge < -0.3 is 10.2 Å². The van der Waals surface area contributed by atoms with Crippen molar-refractivity contribution in [2.24, 2.45) is 17.3 Å². The summed E-state index contributed by atoms with van der Waals surface area (Å²) >= 11 is 0. The van der Waals surface area contributed by atoms with E-state index in [4.69, 9.17) is 0 Å². The number of rotatable bonds is 1. The summed E-state index contributed by atoms with van der Waals surface area (Å²) in [6, 6.07) is 0. The molecule has 70 valence electrons. The minimum atomic E-state index is -0.796. The summed E-state index contributed by atoms with van der Waals surface area (Å²) in [6.45, 7) is 4.11. The quantitative estimate of drug-likeness (QED) is 0.620. The van der Waals surface area contributed by atoms with Crippen LogP contribution in [-0.4, -0.2) is 22.4 Å². The van der Waals surface area contributed by atoms with Crippen molar-refractivity contribution in [2.45, 2.75) is 38.7 Å². The Morgan fingerprint density at radius 2 is 1.83 bits per heavy atom. The lowest BCUT2D eigenvalue weighted by atomic mass is 9.66. The van der Waals surface area contributed by atoms with E-state index in [1.165, 1.54) is 6.42 Å². The van der Waals surface area contributed by atoms with Crippen LogP contribution in [0.2, 0.25) is 0 Å². The molecule has 2 aliphatic carbocycles. The van der Waals surface area contributed by atoms with Crippen molar-refractivity contribution >= 4 is 0 Å². The highest BCUT2D eigenvalue weighted by Crippen LogP contribution is 2.61. The van der Waals surface area contributed by atoms with E-state index in [0.717, 1.165) is 12.8 Å². The van der Waals surface area contributed by atoms with E-state index in [9.17, 15) is 10.2 Å². The smallest absolute Gasteiger partial charge is 0.0958 e. The lowest BCUT2D eigenvalue weighted by molar-refractivity contribution is -0.135. The Labute approximate surface area is 73.6 Å². The number of fused-ring (bicyclic) bond motifs is 2. The van der Waals surface area contributed by atoms with E-state index < -0.39 is 5.60 Å². The highest BCUT2D eigenvalue weighted by molar-refractivity contribution is 5.11. The van der Waals surface area contributed by atoms with Crippen molar-refractivity contribution < 1.29 is 10.2 Å². The predicted molar refractivity (Wildman–Crippen MR) is 46.6 cm³/mol. The van der Waals surface area contributed by atoms with Crippen molar-refractivity contribution in [3.05, 3.63) is 0 Å². The van der Waals surface area contributed by atoms with Crippen molar-refractivity contribution in [3.63, 3.8) is 0 Å². The Kier molecular flexibility index (Phi) is 1.59. The van der Waals surface area contributed by atoms with Crippen LogP contribution in [0.3, 0.4) is 0 Å². The molecule has 0 radical (unpaired) electrons. The van der Waals surface area contributed by atoms with Crippen molar-refractivity contribution in [2.75, 3.05) is 6.61 Å². The molecule has 0 spiro atoms. The Hall–Kier alpha value is -0.0800. The fourth-order valence-electron chi connectivity index (χ4n) is 3.28. The molecular formula is C10H18O2. The lowest BCUT2D eigenvalue weighted by Crippen LogP contribution is -2.52. The van der Waals surface area contributed by atoms with Crippen LogP contribution in [0.15, 0.2) is 0 Å². The first-order valence-corrected chi connectivity index (χ1v) is 4.85. The van der Waals surface area contributed by atoms with Crippen LogP contribution in [0.1, 0.15) is 33.1 Å². The molecule has 0 aromatic rings. The van der Waals surface area contributed by atoms with Gasteiger partial charge in [0.1, 0.15) is 0 Å². The fraction of sp³-hybridized carbons (Fsp3) is 1.00. The van der Waals surface area contributed by atoms with Crippen LogP contribution in [0.5, 0.6) is 0 Å². The maximum Gasteiger partial charge on any atom is 0.0958 e. The maximum atomic E-state index is 10.3. The SMILES string of the molecule is CC1(C)[C@@H]2CC[C@@H](C2)[C@]1(O)CO. The summed E-state index contributed by atoms with van der Waals surface area (Å²) in [5.41, 5.74) is -0.874. The largest absolute Gasteiger partial charge is 0.393 e.